The summed E-state index contributed by atoms with van der Waals surface area (Å²) >= 11 is 0. The first kappa shape index (κ1) is 14.2. The summed E-state index contributed by atoms with van der Waals surface area (Å²) in [5.74, 6) is 0. The summed E-state index contributed by atoms with van der Waals surface area (Å²) < 4.78 is 5.27. The standard InChI is InChI=1S/C18H16N2O2/c19-12-14-6-8-16(9-7-14)18(10-11-18)20-17(21)22-13-15-4-2-1-3-5-15/h1-9H,10-11,13H2,(H,20,21). The Bertz CT molecular complexity index is 698. The molecule has 1 saturated carbocycles. The van der Waals surface area contributed by atoms with Crippen molar-refractivity contribution in [2.24, 2.45) is 0 Å². The second-order valence-corrected chi connectivity index (χ2v) is 5.46. The molecule has 0 atom stereocenters. The third kappa shape index (κ3) is 3.09. The fourth-order valence-electron chi connectivity index (χ4n) is 2.43. The van der Waals surface area contributed by atoms with E-state index in [4.69, 9.17) is 10.00 Å². The van der Waals surface area contributed by atoms with Gasteiger partial charge in [-0.1, -0.05) is 42.5 Å². The summed E-state index contributed by atoms with van der Waals surface area (Å²) in [4.78, 5) is 12.0. The molecular weight excluding hydrogens is 276 g/mol. The molecule has 4 nitrogen and oxygen atoms in total. The zero-order valence-corrected chi connectivity index (χ0v) is 12.1. The van der Waals surface area contributed by atoms with Crippen molar-refractivity contribution in [2.45, 2.75) is 25.0 Å². The Kier molecular flexibility index (Phi) is 3.80. The molecule has 0 bridgehead atoms. The minimum absolute atomic E-state index is 0.260. The van der Waals surface area contributed by atoms with Crippen molar-refractivity contribution in [1.82, 2.24) is 5.32 Å². The smallest absolute Gasteiger partial charge is 0.408 e. The Morgan fingerprint density at radius 2 is 1.82 bits per heavy atom. The number of nitrogens with one attached hydrogen (secondary N) is 1. The lowest BCUT2D eigenvalue weighted by atomic mass is 10.0. The number of benzene rings is 2. The van der Waals surface area contributed by atoms with Gasteiger partial charge in [-0.15, -0.1) is 0 Å². The first-order valence-electron chi connectivity index (χ1n) is 7.21. The van der Waals surface area contributed by atoms with Gasteiger partial charge in [0, 0.05) is 0 Å². The maximum Gasteiger partial charge on any atom is 0.408 e. The van der Waals surface area contributed by atoms with Gasteiger partial charge >= 0.3 is 6.09 Å². The summed E-state index contributed by atoms with van der Waals surface area (Å²) in [6, 6.07) is 19.0. The van der Waals surface area contributed by atoms with Crippen LogP contribution in [0.4, 0.5) is 4.79 Å². The van der Waals surface area contributed by atoms with Crippen LogP contribution < -0.4 is 5.32 Å². The minimum atomic E-state index is -0.411. The van der Waals surface area contributed by atoms with Gasteiger partial charge in [0.25, 0.3) is 0 Å². The lowest BCUT2D eigenvalue weighted by molar-refractivity contribution is 0.134. The largest absolute Gasteiger partial charge is 0.445 e. The van der Waals surface area contributed by atoms with Gasteiger partial charge in [-0.05, 0) is 36.1 Å². The van der Waals surface area contributed by atoms with E-state index >= 15 is 0 Å². The molecule has 1 N–H and O–H groups in total. The van der Waals surface area contributed by atoms with Crippen LogP contribution in [0.5, 0.6) is 0 Å². The van der Waals surface area contributed by atoms with E-state index in [1.54, 1.807) is 12.1 Å². The first-order valence-corrected chi connectivity index (χ1v) is 7.21. The average molecular weight is 292 g/mol. The topological polar surface area (TPSA) is 62.1 Å². The van der Waals surface area contributed by atoms with E-state index in [1.165, 1.54) is 0 Å². The summed E-state index contributed by atoms with van der Waals surface area (Å²) in [5, 5.41) is 11.8. The number of nitriles is 1. The Morgan fingerprint density at radius 1 is 1.14 bits per heavy atom. The van der Waals surface area contributed by atoms with Crippen molar-refractivity contribution in [3.63, 3.8) is 0 Å². The van der Waals surface area contributed by atoms with Crippen LogP contribution in [0.1, 0.15) is 29.5 Å². The highest BCUT2D eigenvalue weighted by Crippen LogP contribution is 2.45. The second kappa shape index (κ2) is 5.90. The molecule has 0 aliphatic heterocycles. The predicted molar refractivity (Wildman–Crippen MR) is 81.8 cm³/mol. The lowest BCUT2D eigenvalue weighted by Crippen LogP contribution is -2.35. The van der Waals surface area contributed by atoms with Crippen LogP contribution >= 0.6 is 0 Å². The maximum atomic E-state index is 12.0. The Labute approximate surface area is 129 Å². The van der Waals surface area contributed by atoms with Crippen molar-refractivity contribution in [1.29, 1.82) is 5.26 Å². The number of hydrogen-bond donors (Lipinski definition) is 1. The third-order valence-corrected chi connectivity index (χ3v) is 3.87. The number of rotatable bonds is 4. The molecule has 4 heteroatoms. The lowest BCUT2D eigenvalue weighted by Gasteiger charge is -2.18. The van der Waals surface area contributed by atoms with Gasteiger partial charge in [0.15, 0.2) is 0 Å². The average Bonchev–Trinajstić information content (AvgIpc) is 3.35. The number of ether oxygens (including phenoxy) is 1. The number of amides is 1. The second-order valence-electron chi connectivity index (χ2n) is 5.46. The van der Waals surface area contributed by atoms with Gasteiger partial charge in [-0.2, -0.15) is 5.26 Å². The van der Waals surface area contributed by atoms with E-state index in [9.17, 15) is 4.79 Å². The summed E-state index contributed by atoms with van der Waals surface area (Å²) in [7, 11) is 0. The molecule has 0 aromatic heterocycles. The van der Waals surface area contributed by atoms with Crippen LogP contribution in [0.15, 0.2) is 54.6 Å². The van der Waals surface area contributed by atoms with Gasteiger partial charge in [0.05, 0.1) is 17.2 Å². The Balaban J connectivity index is 1.59. The zero-order valence-electron chi connectivity index (χ0n) is 12.1. The molecule has 0 heterocycles. The molecule has 0 saturated heterocycles. The van der Waals surface area contributed by atoms with Gasteiger partial charge in [-0.25, -0.2) is 4.79 Å². The predicted octanol–water partition coefficient (Wildman–Crippen LogP) is 3.47. The molecule has 110 valence electrons. The Morgan fingerprint density at radius 3 is 2.41 bits per heavy atom. The number of nitrogens with zero attached hydrogens (tertiary/aromatic N) is 1. The van der Waals surface area contributed by atoms with E-state index in [-0.39, 0.29) is 12.1 Å². The van der Waals surface area contributed by atoms with Crippen LogP contribution in [-0.2, 0) is 16.9 Å². The number of carbonyl (C=O) groups excluding carboxylic acids is 1. The highest BCUT2D eigenvalue weighted by molar-refractivity contribution is 5.69. The fourth-order valence-corrected chi connectivity index (χ4v) is 2.43. The monoisotopic (exact) mass is 292 g/mol. The molecule has 2 aromatic rings. The third-order valence-electron chi connectivity index (χ3n) is 3.87. The quantitative estimate of drug-likeness (QED) is 0.938. The molecule has 22 heavy (non-hydrogen) atoms. The van der Waals surface area contributed by atoms with E-state index in [1.807, 2.05) is 42.5 Å². The molecule has 0 radical (unpaired) electrons. The summed E-state index contributed by atoms with van der Waals surface area (Å²) in [6.07, 6.45) is 1.37. The van der Waals surface area contributed by atoms with Gasteiger partial charge in [0.1, 0.15) is 6.61 Å². The molecule has 0 unspecified atom stereocenters. The molecule has 1 fully saturated rings. The van der Waals surface area contributed by atoms with Gasteiger partial charge in [-0.3, -0.25) is 0 Å². The van der Waals surface area contributed by atoms with Crippen LogP contribution in [0, 0.1) is 11.3 Å². The highest BCUT2D eigenvalue weighted by atomic mass is 16.5. The van der Waals surface area contributed by atoms with Crippen LogP contribution in [-0.4, -0.2) is 6.09 Å². The van der Waals surface area contributed by atoms with Crippen molar-refractivity contribution in [3.05, 3.63) is 71.3 Å². The van der Waals surface area contributed by atoms with Crippen molar-refractivity contribution in [3.8, 4) is 6.07 Å². The van der Waals surface area contributed by atoms with Crippen LogP contribution in [0.3, 0.4) is 0 Å². The highest BCUT2D eigenvalue weighted by Gasteiger charge is 2.46. The number of carbonyl (C=O) groups is 1. The van der Waals surface area contributed by atoms with Gasteiger partial charge in [0.2, 0.25) is 0 Å². The van der Waals surface area contributed by atoms with Crippen molar-refractivity contribution in [2.75, 3.05) is 0 Å². The molecule has 1 amide bonds. The Hall–Kier alpha value is -2.80. The van der Waals surface area contributed by atoms with E-state index < -0.39 is 6.09 Å². The van der Waals surface area contributed by atoms with Crippen molar-refractivity contribution < 1.29 is 9.53 Å². The van der Waals surface area contributed by atoms with E-state index in [0.29, 0.717) is 5.56 Å². The number of hydrogen-bond acceptors (Lipinski definition) is 3. The van der Waals surface area contributed by atoms with Crippen LogP contribution in [0.25, 0.3) is 0 Å². The SMILES string of the molecule is N#Cc1ccc(C2(NC(=O)OCc3ccccc3)CC2)cc1. The molecule has 1 aliphatic rings. The minimum Gasteiger partial charge on any atom is -0.445 e. The first-order chi connectivity index (χ1) is 10.7. The molecule has 1 aliphatic carbocycles. The van der Waals surface area contributed by atoms with E-state index in [0.717, 1.165) is 24.0 Å². The molecular formula is C18H16N2O2. The van der Waals surface area contributed by atoms with E-state index in [2.05, 4.69) is 11.4 Å². The van der Waals surface area contributed by atoms with Gasteiger partial charge < -0.3 is 10.1 Å². The normalized spacial score (nSPS) is 14.7. The summed E-state index contributed by atoms with van der Waals surface area (Å²) in [6.45, 7) is 0.260. The molecule has 0 spiro atoms. The summed E-state index contributed by atoms with van der Waals surface area (Å²) in [5.41, 5.74) is 2.26. The van der Waals surface area contributed by atoms with Crippen LogP contribution in [0.2, 0.25) is 0 Å². The fraction of sp³-hybridized carbons (Fsp3) is 0.222. The molecule has 2 aromatic carbocycles. The zero-order chi connectivity index (χ0) is 15.4. The van der Waals surface area contributed by atoms with Crippen molar-refractivity contribution >= 4 is 6.09 Å². The maximum absolute atomic E-state index is 12.0. The number of alkyl carbamates (subject to hydrolysis) is 1. The molecule has 3 rings (SSSR count).